The molecule has 0 amide bonds. The smallest absolute Gasteiger partial charge is 0.492 e. The molecule has 0 spiro atoms. The molecule has 1 aromatic heterocycles. The minimum absolute atomic E-state index is 0.0204. The first kappa shape index (κ1) is 19.4. The van der Waals surface area contributed by atoms with E-state index in [1.807, 2.05) is 6.07 Å². The predicted octanol–water partition coefficient (Wildman–Crippen LogP) is 3.25. The standard InChI is InChI=1S/C19H22F3N5O2/c20-19(21,22)29-15-5-3-14(4-6-15)28-10-9-27-17-16(11-13(23)12-24-17)25-18(27)26-7-1-2-8-26/h3-6,11-12,18,25H,1-2,7-10,23H2. The number of hydrogen-bond acceptors (Lipinski definition) is 7. The maximum atomic E-state index is 12.2. The zero-order valence-corrected chi connectivity index (χ0v) is 15.7. The number of rotatable bonds is 6. The Balaban J connectivity index is 1.39. The summed E-state index contributed by atoms with van der Waals surface area (Å²) in [4.78, 5) is 8.94. The van der Waals surface area contributed by atoms with E-state index in [9.17, 15) is 13.2 Å². The quantitative estimate of drug-likeness (QED) is 0.759. The molecular weight excluding hydrogens is 387 g/mol. The number of alkyl halides is 3. The monoisotopic (exact) mass is 409 g/mol. The normalized spacial score (nSPS) is 19.1. The molecule has 1 aromatic carbocycles. The molecule has 3 heterocycles. The first-order valence-corrected chi connectivity index (χ1v) is 9.40. The summed E-state index contributed by atoms with van der Waals surface area (Å²) >= 11 is 0. The summed E-state index contributed by atoms with van der Waals surface area (Å²) in [5, 5.41) is 3.48. The highest BCUT2D eigenvalue weighted by molar-refractivity contribution is 5.75. The number of fused-ring (bicyclic) bond motifs is 1. The van der Waals surface area contributed by atoms with E-state index in [1.165, 1.54) is 24.3 Å². The predicted molar refractivity (Wildman–Crippen MR) is 103 cm³/mol. The summed E-state index contributed by atoms with van der Waals surface area (Å²) in [5.74, 6) is 1.00. The maximum absolute atomic E-state index is 12.2. The van der Waals surface area contributed by atoms with Gasteiger partial charge in [0.2, 0.25) is 0 Å². The van der Waals surface area contributed by atoms with Crippen LogP contribution in [0.1, 0.15) is 12.8 Å². The van der Waals surface area contributed by atoms with Crippen molar-refractivity contribution in [1.82, 2.24) is 9.88 Å². The lowest BCUT2D eigenvalue weighted by Gasteiger charge is -2.32. The Bertz CT molecular complexity index is 841. The third kappa shape index (κ3) is 4.58. The van der Waals surface area contributed by atoms with Crippen LogP contribution in [0.25, 0.3) is 0 Å². The fourth-order valence-electron chi connectivity index (χ4n) is 3.64. The van der Waals surface area contributed by atoms with Gasteiger partial charge >= 0.3 is 6.36 Å². The van der Waals surface area contributed by atoms with E-state index in [2.05, 4.69) is 24.8 Å². The van der Waals surface area contributed by atoms with E-state index >= 15 is 0 Å². The Morgan fingerprint density at radius 3 is 2.52 bits per heavy atom. The van der Waals surface area contributed by atoms with Crippen LogP contribution < -0.4 is 25.4 Å². The average molecular weight is 409 g/mol. The summed E-state index contributed by atoms with van der Waals surface area (Å²) in [6.07, 6.45) is -0.797. The molecule has 1 saturated heterocycles. The third-order valence-electron chi connectivity index (χ3n) is 4.88. The summed E-state index contributed by atoms with van der Waals surface area (Å²) < 4.78 is 46.3. The number of pyridine rings is 1. The number of likely N-dealkylation sites (tertiary alicyclic amines) is 1. The van der Waals surface area contributed by atoms with Gasteiger partial charge < -0.3 is 25.4 Å². The fraction of sp³-hybridized carbons (Fsp3) is 0.421. The fourth-order valence-corrected chi connectivity index (χ4v) is 3.64. The Kier molecular flexibility index (Phi) is 5.27. The van der Waals surface area contributed by atoms with Crippen LogP contribution in [0.15, 0.2) is 36.5 Å². The van der Waals surface area contributed by atoms with Crippen LogP contribution >= 0.6 is 0 Å². The second-order valence-corrected chi connectivity index (χ2v) is 6.96. The van der Waals surface area contributed by atoms with Crippen LogP contribution in [0.2, 0.25) is 0 Å². The van der Waals surface area contributed by atoms with Crippen molar-refractivity contribution in [2.24, 2.45) is 0 Å². The van der Waals surface area contributed by atoms with E-state index < -0.39 is 6.36 Å². The third-order valence-corrected chi connectivity index (χ3v) is 4.88. The molecule has 0 aliphatic carbocycles. The molecule has 2 aliphatic heterocycles. The first-order chi connectivity index (χ1) is 13.9. The number of anilines is 3. The molecule has 0 radical (unpaired) electrons. The van der Waals surface area contributed by atoms with Crippen molar-refractivity contribution in [3.63, 3.8) is 0 Å². The van der Waals surface area contributed by atoms with Gasteiger partial charge in [0.1, 0.15) is 18.1 Å². The SMILES string of the molecule is Nc1cnc2c(c1)NC(N1CCCC1)N2CCOc1ccc(OC(F)(F)F)cc1. The number of halogens is 3. The molecule has 1 fully saturated rings. The van der Waals surface area contributed by atoms with Crippen molar-refractivity contribution in [3.8, 4) is 11.5 Å². The number of ether oxygens (including phenoxy) is 2. The molecule has 3 N–H and O–H groups in total. The van der Waals surface area contributed by atoms with Gasteiger partial charge in [-0.05, 0) is 43.2 Å². The highest BCUT2D eigenvalue weighted by atomic mass is 19.4. The van der Waals surface area contributed by atoms with Crippen molar-refractivity contribution in [3.05, 3.63) is 36.5 Å². The minimum atomic E-state index is -4.71. The highest BCUT2D eigenvalue weighted by Gasteiger charge is 2.35. The van der Waals surface area contributed by atoms with Gasteiger partial charge in [-0.25, -0.2) is 4.98 Å². The van der Waals surface area contributed by atoms with Gasteiger partial charge in [-0.1, -0.05) is 0 Å². The van der Waals surface area contributed by atoms with Gasteiger partial charge in [0, 0.05) is 13.1 Å². The zero-order valence-electron chi connectivity index (χ0n) is 15.7. The largest absolute Gasteiger partial charge is 0.573 e. The second kappa shape index (κ2) is 7.86. The number of aromatic nitrogens is 1. The van der Waals surface area contributed by atoms with Gasteiger partial charge in [0.25, 0.3) is 0 Å². The average Bonchev–Trinajstić information content (AvgIpc) is 3.29. The number of nitrogens with zero attached hydrogens (tertiary/aromatic N) is 3. The maximum Gasteiger partial charge on any atom is 0.573 e. The van der Waals surface area contributed by atoms with E-state index in [-0.39, 0.29) is 12.0 Å². The molecule has 29 heavy (non-hydrogen) atoms. The van der Waals surface area contributed by atoms with Crippen molar-refractivity contribution in [1.29, 1.82) is 0 Å². The number of nitrogens with two attached hydrogens (primary N) is 1. The number of benzene rings is 1. The molecule has 7 nitrogen and oxygen atoms in total. The van der Waals surface area contributed by atoms with Gasteiger partial charge in [0.05, 0.1) is 24.1 Å². The molecule has 2 aromatic rings. The molecule has 4 rings (SSSR count). The molecule has 156 valence electrons. The highest BCUT2D eigenvalue weighted by Crippen LogP contribution is 2.35. The first-order valence-electron chi connectivity index (χ1n) is 9.40. The molecule has 10 heteroatoms. The molecule has 2 aliphatic rings. The van der Waals surface area contributed by atoms with Crippen LogP contribution in [0, 0.1) is 0 Å². The minimum Gasteiger partial charge on any atom is -0.492 e. The van der Waals surface area contributed by atoms with Crippen LogP contribution in [-0.4, -0.2) is 48.8 Å². The van der Waals surface area contributed by atoms with E-state index in [1.54, 1.807) is 6.20 Å². The lowest BCUT2D eigenvalue weighted by molar-refractivity contribution is -0.274. The molecular formula is C19H22F3N5O2. The summed E-state index contributed by atoms with van der Waals surface area (Å²) in [7, 11) is 0. The van der Waals surface area contributed by atoms with E-state index in [0.717, 1.165) is 37.4 Å². The lowest BCUT2D eigenvalue weighted by Crippen LogP contribution is -2.50. The summed E-state index contributed by atoms with van der Waals surface area (Å²) in [6, 6.07) is 7.23. The molecule has 0 saturated carbocycles. The zero-order chi connectivity index (χ0) is 20.4. The second-order valence-electron chi connectivity index (χ2n) is 6.96. The van der Waals surface area contributed by atoms with Crippen LogP contribution in [0.5, 0.6) is 11.5 Å². The topological polar surface area (TPSA) is 75.9 Å². The van der Waals surface area contributed by atoms with Crippen molar-refractivity contribution in [2.75, 3.05) is 42.2 Å². The van der Waals surface area contributed by atoms with Crippen LogP contribution in [-0.2, 0) is 0 Å². The van der Waals surface area contributed by atoms with Crippen molar-refractivity contribution >= 4 is 17.2 Å². The Morgan fingerprint density at radius 1 is 1.14 bits per heavy atom. The Hall–Kier alpha value is -2.88. The number of nitrogen functional groups attached to an aromatic ring is 1. The van der Waals surface area contributed by atoms with Crippen LogP contribution in [0.3, 0.4) is 0 Å². The van der Waals surface area contributed by atoms with Gasteiger partial charge in [-0.2, -0.15) is 0 Å². The lowest BCUT2D eigenvalue weighted by atomic mass is 10.3. The van der Waals surface area contributed by atoms with Crippen molar-refractivity contribution in [2.45, 2.75) is 25.5 Å². The van der Waals surface area contributed by atoms with Gasteiger partial charge in [0.15, 0.2) is 12.1 Å². The van der Waals surface area contributed by atoms with Gasteiger partial charge in [-0.3, -0.25) is 4.90 Å². The van der Waals surface area contributed by atoms with Crippen molar-refractivity contribution < 1.29 is 22.6 Å². The summed E-state index contributed by atoms with van der Waals surface area (Å²) in [5.41, 5.74) is 7.34. The van der Waals surface area contributed by atoms with E-state index in [0.29, 0.717) is 24.6 Å². The Labute approximate surface area is 166 Å². The summed E-state index contributed by atoms with van der Waals surface area (Å²) in [6.45, 7) is 2.90. The van der Waals surface area contributed by atoms with E-state index in [4.69, 9.17) is 10.5 Å². The molecule has 0 bridgehead atoms. The van der Waals surface area contributed by atoms with Crippen LogP contribution in [0.4, 0.5) is 30.4 Å². The Morgan fingerprint density at radius 2 is 1.83 bits per heavy atom. The molecule has 1 unspecified atom stereocenters. The molecule has 1 atom stereocenters. The van der Waals surface area contributed by atoms with Gasteiger partial charge in [-0.15, -0.1) is 13.2 Å². The number of nitrogens with one attached hydrogen (secondary N) is 1. The number of hydrogen-bond donors (Lipinski definition) is 2.